The molecule has 1 nitrogen and oxygen atoms in total. The van der Waals surface area contributed by atoms with Crippen molar-refractivity contribution < 1.29 is 4.74 Å². The van der Waals surface area contributed by atoms with Crippen molar-refractivity contribution in [2.45, 2.75) is 33.6 Å². The van der Waals surface area contributed by atoms with Gasteiger partial charge in [-0.1, -0.05) is 25.5 Å². The minimum atomic E-state index is 1.07. The van der Waals surface area contributed by atoms with Crippen molar-refractivity contribution in [3.05, 3.63) is 28.8 Å². The summed E-state index contributed by atoms with van der Waals surface area (Å²) in [5.74, 6) is 1.07. The minimum Gasteiger partial charge on any atom is -0.496 e. The van der Waals surface area contributed by atoms with E-state index in [0.29, 0.717) is 0 Å². The molecule has 0 amide bonds. The van der Waals surface area contributed by atoms with E-state index >= 15 is 0 Å². The molecule has 0 aromatic heterocycles. The number of hydrogen-bond donors (Lipinski definition) is 0. The van der Waals surface area contributed by atoms with Crippen LogP contribution in [0.1, 0.15) is 30.0 Å². The van der Waals surface area contributed by atoms with Gasteiger partial charge >= 0.3 is 0 Å². The van der Waals surface area contributed by atoms with Crippen LogP contribution < -0.4 is 4.74 Å². The molecule has 0 saturated heterocycles. The van der Waals surface area contributed by atoms with Gasteiger partial charge in [-0.05, 0) is 37.0 Å². The SMILES string of the molecule is CCCc1c(C)ccc(C)c1OC. The van der Waals surface area contributed by atoms with E-state index in [1.165, 1.54) is 23.1 Å². The van der Waals surface area contributed by atoms with Crippen LogP contribution in [0.25, 0.3) is 0 Å². The first-order chi connectivity index (χ1) is 6.20. The predicted octanol–water partition coefficient (Wildman–Crippen LogP) is 3.26. The Morgan fingerprint density at radius 2 is 1.77 bits per heavy atom. The van der Waals surface area contributed by atoms with E-state index in [4.69, 9.17) is 4.74 Å². The van der Waals surface area contributed by atoms with Crippen molar-refractivity contribution in [1.29, 1.82) is 0 Å². The Kier molecular flexibility index (Phi) is 3.35. The van der Waals surface area contributed by atoms with Crippen LogP contribution in [0.2, 0.25) is 0 Å². The van der Waals surface area contributed by atoms with E-state index in [2.05, 4.69) is 32.9 Å². The standard InChI is InChI=1S/C12H18O/c1-5-6-11-9(2)7-8-10(3)12(11)13-4/h7-8H,5-6H2,1-4H3. The number of benzene rings is 1. The molecule has 0 saturated carbocycles. The maximum Gasteiger partial charge on any atom is 0.125 e. The molecule has 0 aliphatic heterocycles. The lowest BCUT2D eigenvalue weighted by Crippen LogP contribution is -1.97. The molecule has 72 valence electrons. The van der Waals surface area contributed by atoms with Crippen LogP contribution in [-0.4, -0.2) is 7.11 Å². The molecule has 1 aromatic rings. The molecule has 0 bridgehead atoms. The zero-order chi connectivity index (χ0) is 9.84. The average molecular weight is 178 g/mol. The largest absolute Gasteiger partial charge is 0.496 e. The van der Waals surface area contributed by atoms with Gasteiger partial charge in [0.25, 0.3) is 0 Å². The molecule has 0 N–H and O–H groups in total. The lowest BCUT2D eigenvalue weighted by Gasteiger charge is -2.13. The Morgan fingerprint density at radius 1 is 1.15 bits per heavy atom. The van der Waals surface area contributed by atoms with Gasteiger partial charge in [-0.3, -0.25) is 0 Å². The van der Waals surface area contributed by atoms with Crippen molar-refractivity contribution in [1.82, 2.24) is 0 Å². The van der Waals surface area contributed by atoms with E-state index in [0.717, 1.165) is 12.2 Å². The normalized spacial score (nSPS) is 10.2. The first-order valence-electron chi connectivity index (χ1n) is 4.83. The molecule has 0 radical (unpaired) electrons. The molecule has 13 heavy (non-hydrogen) atoms. The van der Waals surface area contributed by atoms with Crippen molar-refractivity contribution in [2.75, 3.05) is 7.11 Å². The highest BCUT2D eigenvalue weighted by Crippen LogP contribution is 2.27. The summed E-state index contributed by atoms with van der Waals surface area (Å²) in [6.07, 6.45) is 2.28. The first kappa shape index (κ1) is 10.1. The van der Waals surface area contributed by atoms with Gasteiger partial charge in [-0.15, -0.1) is 0 Å². The van der Waals surface area contributed by atoms with Gasteiger partial charge in [0.1, 0.15) is 5.75 Å². The topological polar surface area (TPSA) is 9.23 Å². The summed E-state index contributed by atoms with van der Waals surface area (Å²) < 4.78 is 5.41. The number of ether oxygens (including phenoxy) is 1. The average Bonchev–Trinajstić information content (AvgIpc) is 2.12. The van der Waals surface area contributed by atoms with Crippen LogP contribution in [0.3, 0.4) is 0 Å². The van der Waals surface area contributed by atoms with Gasteiger partial charge in [0.15, 0.2) is 0 Å². The second-order valence-corrected chi connectivity index (χ2v) is 3.46. The quantitative estimate of drug-likeness (QED) is 0.690. The van der Waals surface area contributed by atoms with Crippen LogP contribution in [0.4, 0.5) is 0 Å². The van der Waals surface area contributed by atoms with Crippen molar-refractivity contribution >= 4 is 0 Å². The maximum absolute atomic E-state index is 5.41. The van der Waals surface area contributed by atoms with E-state index in [9.17, 15) is 0 Å². The van der Waals surface area contributed by atoms with Gasteiger partial charge in [0, 0.05) is 0 Å². The highest BCUT2D eigenvalue weighted by atomic mass is 16.5. The highest BCUT2D eigenvalue weighted by molar-refractivity contribution is 5.45. The van der Waals surface area contributed by atoms with Crippen LogP contribution >= 0.6 is 0 Å². The molecule has 0 atom stereocenters. The fraction of sp³-hybridized carbons (Fsp3) is 0.500. The van der Waals surface area contributed by atoms with E-state index in [-0.39, 0.29) is 0 Å². The summed E-state index contributed by atoms with van der Waals surface area (Å²) in [5, 5.41) is 0. The second-order valence-electron chi connectivity index (χ2n) is 3.46. The van der Waals surface area contributed by atoms with Crippen LogP contribution in [-0.2, 0) is 6.42 Å². The Balaban J connectivity index is 3.18. The van der Waals surface area contributed by atoms with Gasteiger partial charge < -0.3 is 4.74 Å². The number of hydrogen-bond acceptors (Lipinski definition) is 1. The molecule has 0 aliphatic rings. The maximum atomic E-state index is 5.41. The monoisotopic (exact) mass is 178 g/mol. The van der Waals surface area contributed by atoms with Crippen LogP contribution in [0.5, 0.6) is 5.75 Å². The molecule has 0 heterocycles. The van der Waals surface area contributed by atoms with Gasteiger partial charge in [0.2, 0.25) is 0 Å². The Bertz CT molecular complexity index is 289. The third-order valence-corrected chi connectivity index (χ3v) is 2.40. The van der Waals surface area contributed by atoms with Gasteiger partial charge in [-0.25, -0.2) is 0 Å². The summed E-state index contributed by atoms with van der Waals surface area (Å²) >= 11 is 0. The zero-order valence-corrected chi connectivity index (χ0v) is 8.98. The van der Waals surface area contributed by atoms with E-state index in [1.54, 1.807) is 7.11 Å². The predicted molar refractivity (Wildman–Crippen MR) is 56.5 cm³/mol. The smallest absolute Gasteiger partial charge is 0.125 e. The summed E-state index contributed by atoms with van der Waals surface area (Å²) in [5.41, 5.74) is 3.94. The molecule has 0 unspecified atom stereocenters. The molecule has 0 fully saturated rings. The highest BCUT2D eigenvalue weighted by Gasteiger charge is 2.07. The van der Waals surface area contributed by atoms with Crippen LogP contribution in [0, 0.1) is 13.8 Å². The van der Waals surface area contributed by atoms with Crippen molar-refractivity contribution in [3.8, 4) is 5.75 Å². The first-order valence-corrected chi connectivity index (χ1v) is 4.83. The minimum absolute atomic E-state index is 1.07. The molecular weight excluding hydrogens is 160 g/mol. The van der Waals surface area contributed by atoms with E-state index < -0.39 is 0 Å². The molecule has 1 heteroatoms. The third kappa shape index (κ3) is 2.03. The number of rotatable bonds is 3. The van der Waals surface area contributed by atoms with Crippen molar-refractivity contribution in [3.63, 3.8) is 0 Å². The lowest BCUT2D eigenvalue weighted by atomic mass is 10.00. The Morgan fingerprint density at radius 3 is 2.31 bits per heavy atom. The summed E-state index contributed by atoms with van der Waals surface area (Å²) in [6, 6.07) is 4.29. The second kappa shape index (κ2) is 4.31. The molecule has 1 rings (SSSR count). The summed E-state index contributed by atoms with van der Waals surface area (Å²) in [4.78, 5) is 0. The van der Waals surface area contributed by atoms with E-state index in [1.807, 2.05) is 0 Å². The zero-order valence-electron chi connectivity index (χ0n) is 8.98. The Labute approximate surface area is 80.7 Å². The molecule has 0 spiro atoms. The van der Waals surface area contributed by atoms with Crippen LogP contribution in [0.15, 0.2) is 12.1 Å². The fourth-order valence-electron chi connectivity index (χ4n) is 1.69. The number of aryl methyl sites for hydroxylation is 2. The van der Waals surface area contributed by atoms with Gasteiger partial charge in [-0.2, -0.15) is 0 Å². The summed E-state index contributed by atoms with van der Waals surface area (Å²) in [7, 11) is 1.75. The fourth-order valence-corrected chi connectivity index (χ4v) is 1.69. The molecular formula is C12H18O. The van der Waals surface area contributed by atoms with Gasteiger partial charge in [0.05, 0.1) is 7.11 Å². The lowest BCUT2D eigenvalue weighted by molar-refractivity contribution is 0.406. The molecule has 0 aliphatic carbocycles. The number of methoxy groups -OCH3 is 1. The van der Waals surface area contributed by atoms with Crippen molar-refractivity contribution in [2.24, 2.45) is 0 Å². The summed E-state index contributed by atoms with van der Waals surface area (Å²) in [6.45, 7) is 6.44. The molecule has 1 aromatic carbocycles. The third-order valence-electron chi connectivity index (χ3n) is 2.40. The Hall–Kier alpha value is -0.980.